The number of primary amides is 1. The number of carbonyl (C=O) groups is 3. The van der Waals surface area contributed by atoms with E-state index in [4.69, 9.17) is 11.5 Å². The third-order valence-electron chi connectivity index (χ3n) is 9.34. The van der Waals surface area contributed by atoms with E-state index in [1.807, 2.05) is 25.1 Å². The molecule has 1 aromatic rings. The van der Waals surface area contributed by atoms with E-state index >= 15 is 0 Å². The van der Waals surface area contributed by atoms with Gasteiger partial charge in [-0.3, -0.25) is 19.3 Å². The first-order chi connectivity index (χ1) is 19.1. The van der Waals surface area contributed by atoms with Gasteiger partial charge in [0.25, 0.3) is 5.91 Å². The average Bonchev–Trinajstić information content (AvgIpc) is 3.39. The number of nitrogens with zero attached hydrogens (tertiary/aromatic N) is 2. The quantitative estimate of drug-likeness (QED) is 0.232. The van der Waals surface area contributed by atoms with E-state index in [1.165, 1.54) is 4.90 Å². The fraction of sp³-hybridized carbons (Fsp3) is 0.552. The van der Waals surface area contributed by atoms with E-state index in [0.717, 1.165) is 25.7 Å². The van der Waals surface area contributed by atoms with Crippen LogP contribution in [0.25, 0.3) is 0 Å². The Bertz CT molecular complexity index is 1410. The van der Waals surface area contributed by atoms with E-state index in [-0.39, 0.29) is 24.2 Å². The molecule has 12 nitrogen and oxygen atoms in total. The highest BCUT2D eigenvalue weighted by Crippen LogP contribution is 2.54. The zero-order chi connectivity index (χ0) is 30.2. The Labute approximate surface area is 238 Å². The highest BCUT2D eigenvalue weighted by molar-refractivity contribution is 6.25. The van der Waals surface area contributed by atoms with E-state index < -0.39 is 63.2 Å². The number of likely N-dealkylation sites (N-methyl/N-ethyl adjacent to an activating group) is 1. The number of benzene rings is 1. The number of fused-ring (bicyclic) bond motifs is 3. The van der Waals surface area contributed by atoms with Crippen LogP contribution in [0.4, 0.5) is 5.69 Å². The fourth-order valence-electron chi connectivity index (χ4n) is 7.38. The first kappa shape index (κ1) is 29.1. The second kappa shape index (κ2) is 9.83. The molecule has 4 aliphatic rings. The minimum absolute atomic E-state index is 0.00105. The second-order valence-electron chi connectivity index (χ2n) is 12.3. The summed E-state index contributed by atoms with van der Waals surface area (Å²) in [7, 11) is 6.76. The van der Waals surface area contributed by atoms with Gasteiger partial charge in [0.2, 0.25) is 5.78 Å². The summed E-state index contributed by atoms with van der Waals surface area (Å²) in [5, 5.41) is 49.2. The van der Waals surface area contributed by atoms with Crippen LogP contribution in [0.5, 0.6) is 5.75 Å². The molecule has 4 aliphatic carbocycles. The number of phenols is 1. The lowest BCUT2D eigenvalue weighted by molar-refractivity contribution is -0.148. The largest absolute Gasteiger partial charge is 0.510 e. The number of anilines is 1. The monoisotopic (exact) mass is 569 g/mol. The number of nitrogens with two attached hydrogens (primary N) is 2. The minimum Gasteiger partial charge on any atom is -0.510 e. The molecule has 1 aromatic carbocycles. The summed E-state index contributed by atoms with van der Waals surface area (Å²) in [6.45, 7) is 0.317. The van der Waals surface area contributed by atoms with Crippen molar-refractivity contribution in [3.05, 3.63) is 45.4 Å². The second-order valence-corrected chi connectivity index (χ2v) is 12.3. The number of rotatable bonds is 6. The Balaban J connectivity index is 1.69. The molecule has 5 rings (SSSR count). The van der Waals surface area contributed by atoms with Crippen LogP contribution < -0.4 is 21.7 Å². The van der Waals surface area contributed by atoms with Gasteiger partial charge in [-0.25, -0.2) is 0 Å². The molecule has 222 valence electrons. The number of hydrogen-bond donors (Lipinski definition) is 7. The molecule has 1 unspecified atom stereocenters. The number of nitrogens with one attached hydrogen (secondary N) is 1. The highest BCUT2D eigenvalue weighted by atomic mass is 16.3. The molecular weight excluding hydrogens is 530 g/mol. The number of Topliss-reactive ketones (excluding diaryl/α,β-unsaturated/α-hetero) is 2. The molecule has 12 heteroatoms. The van der Waals surface area contributed by atoms with Gasteiger partial charge < -0.3 is 42.1 Å². The predicted octanol–water partition coefficient (Wildman–Crippen LogP) is 0.300. The number of aliphatic hydroxyl groups excluding tert-OH is 2. The fourth-order valence-corrected chi connectivity index (χ4v) is 7.38. The van der Waals surface area contributed by atoms with Crippen molar-refractivity contribution in [2.45, 2.75) is 68.3 Å². The number of amides is 1. The van der Waals surface area contributed by atoms with E-state index in [2.05, 4.69) is 5.32 Å². The molecule has 0 heterocycles. The van der Waals surface area contributed by atoms with Gasteiger partial charge in [-0.2, -0.15) is 0 Å². The van der Waals surface area contributed by atoms with E-state index in [1.54, 1.807) is 14.1 Å². The van der Waals surface area contributed by atoms with Crippen LogP contribution in [0.15, 0.2) is 28.7 Å². The molecule has 0 aromatic heterocycles. The molecule has 0 bridgehead atoms. The standard InChI is InChI=1S/C29H39N5O7/c1-33(2)17-9-13(12-32-14-7-5-6-8-14)22(35)18-15(17)10-28(31)11-16-21(34(3)4)24(37)19(27(30)40)25(38)29(16,41)26(39)20(28)23(18)36/h9,14,16,21,32,35,37,39,41H,5-8,10-12,31H2,1-4H3,(H2,30,40)/t16-,21?,28+,29+/m0/s1. The SMILES string of the molecule is CN(C)c1cc(CNC2CCCC2)c(O)c2c1C[C@@]1(N)C[C@H]3C(N(C)C)C(O)=C(C(N)=O)C(=O)[C@@]3(O)C(O)=C1C2=O. The van der Waals surface area contributed by atoms with Gasteiger partial charge in [0, 0.05) is 43.9 Å². The number of aromatic hydroxyl groups is 1. The van der Waals surface area contributed by atoms with Crippen molar-refractivity contribution < 1.29 is 34.8 Å². The summed E-state index contributed by atoms with van der Waals surface area (Å²) in [4.78, 5) is 43.2. The molecule has 9 N–H and O–H groups in total. The molecule has 1 fully saturated rings. The molecule has 0 saturated heterocycles. The number of hydrogen-bond acceptors (Lipinski definition) is 11. The first-order valence-electron chi connectivity index (χ1n) is 13.9. The van der Waals surface area contributed by atoms with Crippen LogP contribution in [0, 0.1) is 5.92 Å². The third-order valence-corrected chi connectivity index (χ3v) is 9.34. The highest BCUT2D eigenvalue weighted by Gasteiger charge is 2.66. The van der Waals surface area contributed by atoms with E-state index in [9.17, 15) is 34.8 Å². The maximum atomic E-state index is 14.2. The predicted molar refractivity (Wildman–Crippen MR) is 151 cm³/mol. The molecule has 0 aliphatic heterocycles. The average molecular weight is 570 g/mol. The van der Waals surface area contributed by atoms with Crippen LogP contribution in [0.3, 0.4) is 0 Å². The Morgan fingerprint density at radius 1 is 1.12 bits per heavy atom. The first-order valence-corrected chi connectivity index (χ1v) is 13.9. The molecule has 1 amide bonds. The summed E-state index contributed by atoms with van der Waals surface area (Å²) >= 11 is 0. The Morgan fingerprint density at radius 3 is 2.32 bits per heavy atom. The minimum atomic E-state index is -2.75. The van der Waals surface area contributed by atoms with Gasteiger partial charge in [0.15, 0.2) is 11.4 Å². The Morgan fingerprint density at radius 2 is 1.76 bits per heavy atom. The lowest BCUT2D eigenvalue weighted by Crippen LogP contribution is -2.68. The van der Waals surface area contributed by atoms with Gasteiger partial charge in [-0.1, -0.05) is 12.8 Å². The van der Waals surface area contributed by atoms with Gasteiger partial charge >= 0.3 is 0 Å². The summed E-state index contributed by atoms with van der Waals surface area (Å²) in [6, 6.07) is 1.01. The van der Waals surface area contributed by atoms with Crippen LogP contribution in [0.1, 0.15) is 53.6 Å². The smallest absolute Gasteiger partial charge is 0.255 e. The van der Waals surface area contributed by atoms with Crippen LogP contribution in [-0.2, 0) is 22.6 Å². The Kier molecular flexibility index (Phi) is 6.97. The zero-order valence-corrected chi connectivity index (χ0v) is 23.8. The van der Waals surface area contributed by atoms with Crippen molar-refractivity contribution in [1.82, 2.24) is 10.2 Å². The molecule has 0 radical (unpaired) electrons. The summed E-state index contributed by atoms with van der Waals surface area (Å²) in [5.74, 6) is -6.48. The number of ketones is 2. The molecular formula is C29H39N5O7. The molecule has 41 heavy (non-hydrogen) atoms. The summed E-state index contributed by atoms with van der Waals surface area (Å²) in [6.07, 6.45) is 4.11. The van der Waals surface area contributed by atoms with Gasteiger partial charge in [0.1, 0.15) is 22.8 Å². The summed E-state index contributed by atoms with van der Waals surface area (Å²) in [5.41, 5.74) is 8.32. The van der Waals surface area contributed by atoms with Crippen LogP contribution in [0.2, 0.25) is 0 Å². The van der Waals surface area contributed by atoms with Crippen molar-refractivity contribution in [2.24, 2.45) is 17.4 Å². The van der Waals surface area contributed by atoms with Gasteiger partial charge in [-0.05, 0) is 51.4 Å². The maximum Gasteiger partial charge on any atom is 0.255 e. The van der Waals surface area contributed by atoms with Crippen LogP contribution >= 0.6 is 0 Å². The van der Waals surface area contributed by atoms with E-state index in [0.29, 0.717) is 29.4 Å². The van der Waals surface area contributed by atoms with Crippen molar-refractivity contribution >= 4 is 23.2 Å². The van der Waals surface area contributed by atoms with Gasteiger partial charge in [-0.15, -0.1) is 0 Å². The normalized spacial score (nSPS) is 30.0. The number of carbonyl (C=O) groups excluding carboxylic acids is 3. The Hall–Kier alpha value is -3.45. The van der Waals surface area contributed by atoms with Crippen molar-refractivity contribution in [3.63, 3.8) is 0 Å². The maximum absolute atomic E-state index is 14.2. The third kappa shape index (κ3) is 4.15. The van der Waals surface area contributed by atoms with Gasteiger partial charge in [0.05, 0.1) is 22.7 Å². The molecule has 0 spiro atoms. The summed E-state index contributed by atoms with van der Waals surface area (Å²) < 4.78 is 0. The lowest BCUT2D eigenvalue weighted by atomic mass is 9.56. The molecule has 4 atom stereocenters. The van der Waals surface area contributed by atoms with Crippen LogP contribution in [-0.4, -0.2) is 94.2 Å². The topological polar surface area (TPSA) is 203 Å². The van der Waals surface area contributed by atoms with Crippen molar-refractivity contribution in [2.75, 3.05) is 33.1 Å². The zero-order valence-electron chi connectivity index (χ0n) is 23.8. The number of phenolic OH excluding ortho intramolecular Hbond substituents is 1. The lowest BCUT2D eigenvalue weighted by Gasteiger charge is -2.53. The van der Waals surface area contributed by atoms with Crippen molar-refractivity contribution in [3.8, 4) is 5.75 Å². The molecule has 1 saturated carbocycles. The van der Waals surface area contributed by atoms with Crippen molar-refractivity contribution in [1.29, 1.82) is 0 Å². The number of aliphatic hydroxyl groups is 3.